The van der Waals surface area contributed by atoms with E-state index in [0.29, 0.717) is 5.82 Å². The van der Waals surface area contributed by atoms with Crippen molar-refractivity contribution in [1.29, 1.82) is 0 Å². The number of hydrogen-bond donors (Lipinski definition) is 1. The predicted molar refractivity (Wildman–Crippen MR) is 86.4 cm³/mol. The van der Waals surface area contributed by atoms with Crippen LogP contribution in [0.1, 0.15) is 63.2 Å². The molecule has 4 rings (SSSR count). The number of carbonyl (C=O) groups excluding carboxylic acids is 1. The molecule has 2 aromatic rings. The van der Waals surface area contributed by atoms with Crippen molar-refractivity contribution in [2.24, 2.45) is 0 Å². The van der Waals surface area contributed by atoms with Crippen LogP contribution >= 0.6 is 11.3 Å². The smallest absolute Gasteiger partial charge is 0.257 e. The van der Waals surface area contributed by atoms with Gasteiger partial charge in [0.25, 0.3) is 5.91 Å². The van der Waals surface area contributed by atoms with E-state index in [9.17, 15) is 4.79 Å². The minimum Gasteiger partial charge on any atom is -0.383 e. The Bertz CT molecular complexity index is 746. The van der Waals surface area contributed by atoms with Crippen LogP contribution in [0, 0.1) is 6.92 Å². The van der Waals surface area contributed by atoms with Crippen LogP contribution in [-0.2, 0) is 19.3 Å². The van der Waals surface area contributed by atoms with Crippen LogP contribution in [-0.4, -0.2) is 20.7 Å². The molecule has 22 heavy (non-hydrogen) atoms. The van der Waals surface area contributed by atoms with Gasteiger partial charge in [0.2, 0.25) is 0 Å². The maximum atomic E-state index is 13.0. The van der Waals surface area contributed by atoms with Gasteiger partial charge in [0.15, 0.2) is 0 Å². The van der Waals surface area contributed by atoms with Gasteiger partial charge in [-0.2, -0.15) is 9.78 Å². The van der Waals surface area contributed by atoms with Crippen LogP contribution in [0.2, 0.25) is 0 Å². The average molecular weight is 316 g/mol. The fraction of sp³-hybridized carbons (Fsp3) is 0.562. The van der Waals surface area contributed by atoms with E-state index in [0.717, 1.165) is 71.8 Å². The first kappa shape index (κ1) is 13.9. The lowest BCUT2D eigenvalue weighted by molar-refractivity contribution is 0.0856. The minimum atomic E-state index is -0.126. The first-order chi connectivity index (χ1) is 10.6. The quantitative estimate of drug-likeness (QED) is 0.878. The van der Waals surface area contributed by atoms with Crippen molar-refractivity contribution in [2.75, 3.05) is 5.73 Å². The summed E-state index contributed by atoms with van der Waals surface area (Å²) in [5, 5.41) is 5.57. The molecular weight excluding hydrogens is 296 g/mol. The highest BCUT2D eigenvalue weighted by molar-refractivity contribution is 7.11. The van der Waals surface area contributed by atoms with E-state index >= 15 is 0 Å². The Morgan fingerprint density at radius 3 is 2.82 bits per heavy atom. The van der Waals surface area contributed by atoms with Crippen molar-refractivity contribution in [3.05, 3.63) is 26.8 Å². The molecular formula is C16H20N4OS. The second-order valence-electron chi connectivity index (χ2n) is 6.26. The third-order valence-electron chi connectivity index (χ3n) is 4.76. The maximum Gasteiger partial charge on any atom is 0.257 e. The van der Waals surface area contributed by atoms with Gasteiger partial charge < -0.3 is 5.73 Å². The van der Waals surface area contributed by atoms with Gasteiger partial charge in [0, 0.05) is 10.4 Å². The SMILES string of the molecule is Cc1nc2c(s1)C(C(=O)n1nc3c(c1N)CCCC3)CCC2. The molecule has 2 aliphatic carbocycles. The third kappa shape index (κ3) is 2.08. The van der Waals surface area contributed by atoms with Crippen molar-refractivity contribution in [3.8, 4) is 0 Å². The number of nitrogens with two attached hydrogens (primary N) is 1. The van der Waals surface area contributed by atoms with Gasteiger partial charge in [0.1, 0.15) is 5.82 Å². The number of thiazole rings is 1. The van der Waals surface area contributed by atoms with E-state index in [2.05, 4.69) is 10.1 Å². The standard InChI is InChI=1S/C16H20N4OS/c1-9-18-13-8-4-6-11(14(13)22-9)16(21)20-15(17)10-5-2-3-7-12(10)19-20/h11H,2-8,17H2,1H3. The number of rotatable bonds is 1. The number of nitrogens with zero attached hydrogens (tertiary/aromatic N) is 3. The Morgan fingerprint density at radius 1 is 1.23 bits per heavy atom. The zero-order valence-corrected chi connectivity index (χ0v) is 13.6. The molecule has 2 N–H and O–H groups in total. The van der Waals surface area contributed by atoms with Gasteiger partial charge in [-0.3, -0.25) is 4.79 Å². The summed E-state index contributed by atoms with van der Waals surface area (Å²) in [6.07, 6.45) is 7.02. The molecule has 0 saturated heterocycles. The number of aryl methyl sites for hydroxylation is 3. The van der Waals surface area contributed by atoms with Crippen LogP contribution in [0.4, 0.5) is 5.82 Å². The Hall–Kier alpha value is -1.69. The Kier molecular flexibility index (Phi) is 3.29. The molecule has 0 fully saturated rings. The van der Waals surface area contributed by atoms with Crippen molar-refractivity contribution in [2.45, 2.75) is 57.8 Å². The van der Waals surface area contributed by atoms with Crippen LogP contribution in [0.15, 0.2) is 0 Å². The van der Waals surface area contributed by atoms with Gasteiger partial charge in [-0.25, -0.2) is 4.98 Å². The summed E-state index contributed by atoms with van der Waals surface area (Å²) >= 11 is 1.65. The number of anilines is 1. The Balaban J connectivity index is 1.72. The highest BCUT2D eigenvalue weighted by atomic mass is 32.1. The molecule has 0 bridgehead atoms. The lowest BCUT2D eigenvalue weighted by atomic mass is 9.91. The van der Waals surface area contributed by atoms with E-state index in [-0.39, 0.29) is 11.8 Å². The number of hydrogen-bond acceptors (Lipinski definition) is 5. The molecule has 5 nitrogen and oxygen atoms in total. The number of carbonyl (C=O) groups is 1. The molecule has 0 radical (unpaired) electrons. The minimum absolute atomic E-state index is 0.0245. The van der Waals surface area contributed by atoms with Gasteiger partial charge in [-0.1, -0.05) is 0 Å². The van der Waals surface area contributed by atoms with Crippen LogP contribution in [0.3, 0.4) is 0 Å². The molecule has 1 atom stereocenters. The van der Waals surface area contributed by atoms with Crippen molar-refractivity contribution >= 4 is 23.1 Å². The van der Waals surface area contributed by atoms with E-state index in [1.54, 1.807) is 11.3 Å². The van der Waals surface area contributed by atoms with Gasteiger partial charge >= 0.3 is 0 Å². The third-order valence-corrected chi connectivity index (χ3v) is 5.89. The average Bonchev–Trinajstić information content (AvgIpc) is 3.06. The maximum absolute atomic E-state index is 13.0. The van der Waals surface area contributed by atoms with E-state index in [4.69, 9.17) is 5.73 Å². The second kappa shape index (κ2) is 5.19. The Labute approximate surface area is 133 Å². The lowest BCUT2D eigenvalue weighted by Crippen LogP contribution is -2.25. The molecule has 0 aliphatic heterocycles. The Morgan fingerprint density at radius 2 is 2.00 bits per heavy atom. The number of fused-ring (bicyclic) bond motifs is 2. The van der Waals surface area contributed by atoms with Gasteiger partial charge in [-0.15, -0.1) is 11.3 Å². The molecule has 0 amide bonds. The van der Waals surface area contributed by atoms with Gasteiger partial charge in [0.05, 0.1) is 22.3 Å². The summed E-state index contributed by atoms with van der Waals surface area (Å²) in [4.78, 5) is 18.7. The second-order valence-corrected chi connectivity index (χ2v) is 7.49. The first-order valence-corrected chi connectivity index (χ1v) is 8.83. The van der Waals surface area contributed by atoms with Crippen LogP contribution < -0.4 is 5.73 Å². The molecule has 2 aromatic heterocycles. The lowest BCUT2D eigenvalue weighted by Gasteiger charge is -2.20. The number of nitrogen functional groups attached to an aromatic ring is 1. The zero-order chi connectivity index (χ0) is 15.3. The highest BCUT2D eigenvalue weighted by Crippen LogP contribution is 2.37. The van der Waals surface area contributed by atoms with Crippen LogP contribution in [0.5, 0.6) is 0 Å². The van der Waals surface area contributed by atoms with E-state index in [1.165, 1.54) is 4.68 Å². The molecule has 2 heterocycles. The number of aromatic nitrogens is 3. The van der Waals surface area contributed by atoms with E-state index in [1.807, 2.05) is 6.92 Å². The topological polar surface area (TPSA) is 73.8 Å². The normalized spacial score (nSPS) is 20.5. The fourth-order valence-corrected chi connectivity index (χ4v) is 4.77. The molecule has 0 aromatic carbocycles. The summed E-state index contributed by atoms with van der Waals surface area (Å²) in [6.45, 7) is 2.01. The van der Waals surface area contributed by atoms with Gasteiger partial charge in [-0.05, 0) is 51.9 Å². The van der Waals surface area contributed by atoms with Crippen molar-refractivity contribution in [1.82, 2.24) is 14.8 Å². The summed E-state index contributed by atoms with van der Waals surface area (Å²) in [5.74, 6) is 0.461. The summed E-state index contributed by atoms with van der Waals surface area (Å²) in [5.41, 5.74) is 9.44. The summed E-state index contributed by atoms with van der Waals surface area (Å²) in [6, 6.07) is 0. The fourth-order valence-electron chi connectivity index (χ4n) is 3.67. The predicted octanol–water partition coefficient (Wildman–Crippen LogP) is 2.87. The molecule has 0 saturated carbocycles. The van der Waals surface area contributed by atoms with Crippen molar-refractivity contribution in [3.63, 3.8) is 0 Å². The highest BCUT2D eigenvalue weighted by Gasteiger charge is 2.33. The molecule has 0 spiro atoms. The van der Waals surface area contributed by atoms with Crippen LogP contribution in [0.25, 0.3) is 0 Å². The molecule has 6 heteroatoms. The summed E-state index contributed by atoms with van der Waals surface area (Å²) in [7, 11) is 0. The molecule has 1 unspecified atom stereocenters. The zero-order valence-electron chi connectivity index (χ0n) is 12.8. The summed E-state index contributed by atoms with van der Waals surface area (Å²) < 4.78 is 1.48. The van der Waals surface area contributed by atoms with Crippen molar-refractivity contribution < 1.29 is 4.79 Å². The monoisotopic (exact) mass is 316 g/mol. The van der Waals surface area contributed by atoms with E-state index < -0.39 is 0 Å². The largest absolute Gasteiger partial charge is 0.383 e. The first-order valence-electron chi connectivity index (χ1n) is 8.02. The molecule has 116 valence electrons. The molecule has 2 aliphatic rings.